The Labute approximate surface area is 70.1 Å². The molecule has 0 atom stereocenters. The van der Waals surface area contributed by atoms with E-state index >= 15 is 0 Å². The zero-order chi connectivity index (χ0) is 8.39. The highest BCUT2D eigenvalue weighted by atomic mass is 16.3. The molecule has 2 aromatic rings. The third kappa shape index (κ3) is 1.09. The quantitative estimate of drug-likeness (QED) is 0.640. The summed E-state index contributed by atoms with van der Waals surface area (Å²) < 4.78 is 5.15. The van der Waals surface area contributed by atoms with Gasteiger partial charge in [0, 0.05) is 17.5 Å². The lowest BCUT2D eigenvalue weighted by Gasteiger charge is -1.97. The molecule has 0 saturated carbocycles. The SMILES string of the molecule is Cc1ncccc1-c1cnco1. The Bertz CT molecular complexity index is 368. The molecule has 2 rings (SSSR count). The molecule has 0 fully saturated rings. The van der Waals surface area contributed by atoms with E-state index in [9.17, 15) is 0 Å². The van der Waals surface area contributed by atoms with E-state index < -0.39 is 0 Å². The average Bonchev–Trinajstić information content (AvgIpc) is 2.57. The van der Waals surface area contributed by atoms with Crippen LogP contribution in [-0.2, 0) is 0 Å². The maximum atomic E-state index is 5.15. The zero-order valence-corrected chi connectivity index (χ0v) is 6.69. The highest BCUT2D eigenvalue weighted by molar-refractivity contribution is 5.58. The molecule has 3 nitrogen and oxygen atoms in total. The van der Waals surface area contributed by atoms with Crippen LogP contribution in [0.1, 0.15) is 5.69 Å². The molecule has 12 heavy (non-hydrogen) atoms. The maximum absolute atomic E-state index is 5.15. The Morgan fingerprint density at radius 3 is 3.00 bits per heavy atom. The lowest BCUT2D eigenvalue weighted by atomic mass is 10.2. The minimum absolute atomic E-state index is 0.764. The molecular weight excluding hydrogens is 152 g/mol. The summed E-state index contributed by atoms with van der Waals surface area (Å²) in [5.74, 6) is 0.764. The van der Waals surface area contributed by atoms with Crippen molar-refractivity contribution in [2.45, 2.75) is 6.92 Å². The van der Waals surface area contributed by atoms with Crippen LogP contribution in [0.25, 0.3) is 11.3 Å². The highest BCUT2D eigenvalue weighted by Crippen LogP contribution is 2.19. The van der Waals surface area contributed by atoms with Crippen LogP contribution in [0, 0.1) is 6.92 Å². The Morgan fingerprint density at radius 2 is 2.33 bits per heavy atom. The Balaban J connectivity index is 2.55. The molecule has 0 N–H and O–H groups in total. The number of nitrogens with zero attached hydrogens (tertiary/aromatic N) is 2. The van der Waals surface area contributed by atoms with Crippen molar-refractivity contribution < 1.29 is 4.42 Å². The molecule has 0 aliphatic heterocycles. The second kappa shape index (κ2) is 2.77. The molecule has 2 aromatic heterocycles. The van der Waals surface area contributed by atoms with Crippen molar-refractivity contribution >= 4 is 0 Å². The Morgan fingerprint density at radius 1 is 1.42 bits per heavy atom. The summed E-state index contributed by atoms with van der Waals surface area (Å²) in [6, 6.07) is 3.84. The van der Waals surface area contributed by atoms with Gasteiger partial charge in [0.1, 0.15) is 0 Å². The molecule has 0 unspecified atom stereocenters. The molecule has 0 radical (unpaired) electrons. The van der Waals surface area contributed by atoms with Crippen LogP contribution < -0.4 is 0 Å². The van der Waals surface area contributed by atoms with Crippen molar-refractivity contribution in [2.75, 3.05) is 0 Å². The van der Waals surface area contributed by atoms with Gasteiger partial charge < -0.3 is 4.42 Å². The first-order valence-corrected chi connectivity index (χ1v) is 3.68. The van der Waals surface area contributed by atoms with Gasteiger partial charge in [0.15, 0.2) is 12.2 Å². The summed E-state index contributed by atoms with van der Waals surface area (Å²) in [5.41, 5.74) is 1.95. The Hall–Kier alpha value is -1.64. The van der Waals surface area contributed by atoms with Crippen LogP contribution in [0.4, 0.5) is 0 Å². The molecule has 3 heteroatoms. The van der Waals surface area contributed by atoms with Gasteiger partial charge in [-0.05, 0) is 19.1 Å². The summed E-state index contributed by atoms with van der Waals surface area (Å²) >= 11 is 0. The normalized spacial score (nSPS) is 10.1. The summed E-state index contributed by atoms with van der Waals surface area (Å²) in [6.07, 6.45) is 4.86. The van der Waals surface area contributed by atoms with Crippen LogP contribution in [0.2, 0.25) is 0 Å². The van der Waals surface area contributed by atoms with Crippen molar-refractivity contribution in [3.8, 4) is 11.3 Å². The van der Waals surface area contributed by atoms with E-state index in [1.165, 1.54) is 6.39 Å². The topological polar surface area (TPSA) is 38.9 Å². The van der Waals surface area contributed by atoms with E-state index in [0.717, 1.165) is 17.0 Å². The molecule has 0 amide bonds. The first-order chi connectivity index (χ1) is 5.88. The van der Waals surface area contributed by atoms with Crippen molar-refractivity contribution in [3.05, 3.63) is 36.6 Å². The van der Waals surface area contributed by atoms with Gasteiger partial charge in [-0.25, -0.2) is 4.98 Å². The van der Waals surface area contributed by atoms with Crippen LogP contribution in [0.5, 0.6) is 0 Å². The van der Waals surface area contributed by atoms with Crippen molar-refractivity contribution in [1.29, 1.82) is 0 Å². The molecule has 2 heterocycles. The average molecular weight is 160 g/mol. The predicted octanol–water partition coefficient (Wildman–Crippen LogP) is 2.05. The van der Waals surface area contributed by atoms with Crippen molar-refractivity contribution in [2.24, 2.45) is 0 Å². The van der Waals surface area contributed by atoms with Crippen LogP contribution in [0.15, 0.2) is 35.3 Å². The second-order valence-electron chi connectivity index (χ2n) is 2.50. The van der Waals surface area contributed by atoms with Gasteiger partial charge in [-0.15, -0.1) is 0 Å². The van der Waals surface area contributed by atoms with E-state index in [1.54, 1.807) is 12.4 Å². The third-order valence-corrected chi connectivity index (χ3v) is 1.70. The van der Waals surface area contributed by atoms with Gasteiger partial charge in [-0.1, -0.05) is 0 Å². The number of pyridine rings is 1. The smallest absolute Gasteiger partial charge is 0.181 e. The number of aryl methyl sites for hydroxylation is 1. The summed E-state index contributed by atoms with van der Waals surface area (Å²) in [6.45, 7) is 1.94. The molecule has 0 aromatic carbocycles. The van der Waals surface area contributed by atoms with Crippen LogP contribution in [-0.4, -0.2) is 9.97 Å². The monoisotopic (exact) mass is 160 g/mol. The van der Waals surface area contributed by atoms with Gasteiger partial charge in [-0.3, -0.25) is 4.98 Å². The number of hydrogen-bond acceptors (Lipinski definition) is 3. The van der Waals surface area contributed by atoms with Crippen LogP contribution >= 0.6 is 0 Å². The standard InChI is InChI=1S/C9H8N2O/c1-7-8(3-2-4-11-7)9-5-10-6-12-9/h2-6H,1H3. The summed E-state index contributed by atoms with van der Waals surface area (Å²) in [7, 11) is 0. The number of rotatable bonds is 1. The predicted molar refractivity (Wildman–Crippen MR) is 44.5 cm³/mol. The largest absolute Gasteiger partial charge is 0.443 e. The number of aromatic nitrogens is 2. The Kier molecular flexibility index (Phi) is 1.63. The lowest BCUT2D eigenvalue weighted by molar-refractivity contribution is 0.571. The molecule has 0 spiro atoms. The summed E-state index contributed by atoms with van der Waals surface area (Å²) in [4.78, 5) is 7.99. The number of oxazole rings is 1. The van der Waals surface area contributed by atoms with Crippen molar-refractivity contribution in [1.82, 2.24) is 9.97 Å². The molecule has 0 aliphatic carbocycles. The van der Waals surface area contributed by atoms with Crippen molar-refractivity contribution in [3.63, 3.8) is 0 Å². The number of hydrogen-bond donors (Lipinski definition) is 0. The fraction of sp³-hybridized carbons (Fsp3) is 0.111. The molecule has 60 valence electrons. The van der Waals surface area contributed by atoms with Gasteiger partial charge in [0.05, 0.1) is 6.20 Å². The van der Waals surface area contributed by atoms with Gasteiger partial charge >= 0.3 is 0 Å². The molecular formula is C9H8N2O. The molecule has 0 aliphatic rings. The van der Waals surface area contributed by atoms with E-state index in [1.807, 2.05) is 19.1 Å². The van der Waals surface area contributed by atoms with E-state index in [2.05, 4.69) is 9.97 Å². The van der Waals surface area contributed by atoms with Gasteiger partial charge in [-0.2, -0.15) is 0 Å². The van der Waals surface area contributed by atoms with E-state index in [0.29, 0.717) is 0 Å². The van der Waals surface area contributed by atoms with E-state index in [4.69, 9.17) is 4.42 Å². The first-order valence-electron chi connectivity index (χ1n) is 3.68. The maximum Gasteiger partial charge on any atom is 0.181 e. The fourth-order valence-corrected chi connectivity index (χ4v) is 1.09. The minimum Gasteiger partial charge on any atom is -0.443 e. The molecule has 0 saturated heterocycles. The van der Waals surface area contributed by atoms with Gasteiger partial charge in [0.25, 0.3) is 0 Å². The molecule has 0 bridgehead atoms. The lowest BCUT2D eigenvalue weighted by Crippen LogP contribution is -1.83. The third-order valence-electron chi connectivity index (χ3n) is 1.70. The fourth-order valence-electron chi connectivity index (χ4n) is 1.09. The zero-order valence-electron chi connectivity index (χ0n) is 6.69. The highest BCUT2D eigenvalue weighted by Gasteiger charge is 2.03. The first kappa shape index (κ1) is 7.03. The van der Waals surface area contributed by atoms with E-state index in [-0.39, 0.29) is 0 Å². The van der Waals surface area contributed by atoms with Crippen LogP contribution in [0.3, 0.4) is 0 Å². The summed E-state index contributed by atoms with van der Waals surface area (Å²) in [5, 5.41) is 0. The van der Waals surface area contributed by atoms with Gasteiger partial charge in [0.2, 0.25) is 0 Å². The minimum atomic E-state index is 0.764. The second-order valence-corrected chi connectivity index (χ2v) is 2.50.